The van der Waals surface area contributed by atoms with Crippen LogP contribution in [0.3, 0.4) is 0 Å². The maximum absolute atomic E-state index is 13.0. The minimum Gasteiger partial charge on any atom is -0.370 e. The van der Waals surface area contributed by atoms with Gasteiger partial charge in [0.15, 0.2) is 11.6 Å². The fourth-order valence-electron chi connectivity index (χ4n) is 3.69. The van der Waals surface area contributed by atoms with Gasteiger partial charge in [-0.3, -0.25) is 9.59 Å². The van der Waals surface area contributed by atoms with E-state index in [1.165, 1.54) is 0 Å². The maximum atomic E-state index is 13.0. The summed E-state index contributed by atoms with van der Waals surface area (Å²) < 4.78 is 8.76. The van der Waals surface area contributed by atoms with Gasteiger partial charge in [0, 0.05) is 29.8 Å². The molecule has 2 aromatic carbocycles. The molecule has 24 heavy (non-hydrogen) atoms. The second kappa shape index (κ2) is 4.95. The lowest BCUT2D eigenvalue weighted by Crippen LogP contribution is -2.24. The molecule has 1 fully saturated rings. The molecule has 3 aromatic rings. The average molecular weight is 335 g/mol. The van der Waals surface area contributed by atoms with Gasteiger partial charge in [0.1, 0.15) is 11.0 Å². The highest BCUT2D eigenvalue weighted by atomic mass is 32.1. The van der Waals surface area contributed by atoms with Gasteiger partial charge < -0.3 is 4.90 Å². The molecule has 0 unspecified atom stereocenters. The Labute approximate surface area is 142 Å². The Bertz CT molecular complexity index is 1020. The molecule has 6 heteroatoms. The standard InChI is InChI=1S/C18H13N3O2S/c22-17-10-5-1-2-6-11(10)18(23)14-12(17)9-13(21-7-3-4-8-21)15-16(14)20-24-19-15/h1-2,5-6,9H,3-4,7-8H2. The van der Waals surface area contributed by atoms with Gasteiger partial charge in [0.25, 0.3) is 0 Å². The van der Waals surface area contributed by atoms with Gasteiger partial charge in [-0.1, -0.05) is 24.3 Å². The van der Waals surface area contributed by atoms with Crippen molar-refractivity contribution >= 4 is 40.0 Å². The molecule has 0 amide bonds. The van der Waals surface area contributed by atoms with Crippen LogP contribution in [-0.2, 0) is 0 Å². The van der Waals surface area contributed by atoms with E-state index in [0.29, 0.717) is 27.8 Å². The third-order valence-corrected chi connectivity index (χ3v) is 5.38. The molecule has 5 rings (SSSR count). The molecule has 1 aliphatic heterocycles. The van der Waals surface area contributed by atoms with Crippen LogP contribution in [0.15, 0.2) is 30.3 Å². The van der Waals surface area contributed by atoms with E-state index in [-0.39, 0.29) is 11.6 Å². The number of aromatic nitrogens is 2. The van der Waals surface area contributed by atoms with Crippen LogP contribution in [0.1, 0.15) is 44.7 Å². The van der Waals surface area contributed by atoms with Crippen molar-refractivity contribution in [3.8, 4) is 0 Å². The van der Waals surface area contributed by atoms with E-state index in [1.807, 2.05) is 6.07 Å². The number of carbonyl (C=O) groups is 2. The molecule has 0 atom stereocenters. The lowest BCUT2D eigenvalue weighted by Gasteiger charge is -2.22. The van der Waals surface area contributed by atoms with Crippen molar-refractivity contribution in [1.29, 1.82) is 0 Å². The minimum absolute atomic E-state index is 0.101. The first kappa shape index (κ1) is 13.8. The summed E-state index contributed by atoms with van der Waals surface area (Å²) in [6.45, 7) is 1.90. The molecule has 0 N–H and O–H groups in total. The van der Waals surface area contributed by atoms with Crippen LogP contribution >= 0.6 is 11.7 Å². The summed E-state index contributed by atoms with van der Waals surface area (Å²) in [5.74, 6) is -0.235. The van der Waals surface area contributed by atoms with E-state index in [0.717, 1.165) is 48.9 Å². The molecule has 1 saturated heterocycles. The molecular weight excluding hydrogens is 322 g/mol. The zero-order chi connectivity index (χ0) is 16.3. The number of nitrogens with zero attached hydrogens (tertiary/aromatic N) is 3. The third-order valence-electron chi connectivity index (χ3n) is 4.85. The van der Waals surface area contributed by atoms with Crippen LogP contribution in [0.5, 0.6) is 0 Å². The number of hydrogen-bond donors (Lipinski definition) is 0. The summed E-state index contributed by atoms with van der Waals surface area (Å²) >= 11 is 1.09. The Morgan fingerprint density at radius 1 is 0.875 bits per heavy atom. The van der Waals surface area contributed by atoms with Gasteiger partial charge in [-0.05, 0) is 18.9 Å². The largest absolute Gasteiger partial charge is 0.370 e. The number of hydrogen-bond acceptors (Lipinski definition) is 6. The Morgan fingerprint density at radius 3 is 2.29 bits per heavy atom. The highest BCUT2D eigenvalue weighted by Crippen LogP contribution is 2.37. The van der Waals surface area contributed by atoms with E-state index < -0.39 is 0 Å². The highest BCUT2D eigenvalue weighted by Gasteiger charge is 2.34. The summed E-state index contributed by atoms with van der Waals surface area (Å²) in [6.07, 6.45) is 2.26. The van der Waals surface area contributed by atoms with E-state index >= 15 is 0 Å². The second-order valence-corrected chi connectivity index (χ2v) is 6.71. The van der Waals surface area contributed by atoms with Gasteiger partial charge in [0.05, 0.1) is 23.0 Å². The molecule has 0 radical (unpaired) electrons. The van der Waals surface area contributed by atoms with Crippen LogP contribution in [-0.4, -0.2) is 33.4 Å². The first-order chi connectivity index (χ1) is 11.8. The Hall–Kier alpha value is -2.60. The summed E-state index contributed by atoms with van der Waals surface area (Å²) in [4.78, 5) is 28.2. The predicted molar refractivity (Wildman–Crippen MR) is 92.2 cm³/mol. The fraction of sp³-hybridized carbons (Fsp3) is 0.222. The van der Waals surface area contributed by atoms with Gasteiger partial charge in [-0.15, -0.1) is 0 Å². The van der Waals surface area contributed by atoms with Crippen molar-refractivity contribution in [2.75, 3.05) is 18.0 Å². The van der Waals surface area contributed by atoms with Crippen molar-refractivity contribution < 1.29 is 9.59 Å². The number of fused-ring (bicyclic) bond motifs is 4. The summed E-state index contributed by atoms with van der Waals surface area (Å²) in [5, 5.41) is 0. The van der Waals surface area contributed by atoms with E-state index in [9.17, 15) is 9.59 Å². The molecule has 2 aliphatic rings. The SMILES string of the molecule is O=C1c2ccccc2C(=O)c2c1cc(N1CCCC1)c1nsnc21. The molecule has 2 heterocycles. The van der Waals surface area contributed by atoms with Gasteiger partial charge in [-0.2, -0.15) is 8.75 Å². The molecule has 0 spiro atoms. The zero-order valence-corrected chi connectivity index (χ0v) is 13.6. The third kappa shape index (κ3) is 1.74. The Balaban J connectivity index is 1.83. The smallest absolute Gasteiger partial charge is 0.196 e. The quantitative estimate of drug-likeness (QED) is 0.535. The van der Waals surface area contributed by atoms with Crippen LogP contribution in [0.25, 0.3) is 11.0 Å². The minimum atomic E-state index is -0.133. The normalized spacial score (nSPS) is 16.6. The van der Waals surface area contributed by atoms with E-state index in [4.69, 9.17) is 0 Å². The number of ketones is 2. The monoisotopic (exact) mass is 335 g/mol. The van der Waals surface area contributed by atoms with Gasteiger partial charge in [-0.25, -0.2) is 0 Å². The van der Waals surface area contributed by atoms with Crippen molar-refractivity contribution in [3.05, 3.63) is 52.6 Å². The van der Waals surface area contributed by atoms with E-state index in [2.05, 4.69) is 13.6 Å². The topological polar surface area (TPSA) is 63.2 Å². The van der Waals surface area contributed by atoms with Crippen LogP contribution in [0.4, 0.5) is 5.69 Å². The van der Waals surface area contributed by atoms with Crippen molar-refractivity contribution in [2.45, 2.75) is 12.8 Å². The average Bonchev–Trinajstić information content (AvgIpc) is 3.30. The molecule has 0 saturated carbocycles. The zero-order valence-electron chi connectivity index (χ0n) is 12.8. The molecule has 118 valence electrons. The van der Waals surface area contributed by atoms with Gasteiger partial charge in [0.2, 0.25) is 0 Å². The Morgan fingerprint density at radius 2 is 1.54 bits per heavy atom. The molecule has 5 nitrogen and oxygen atoms in total. The van der Waals surface area contributed by atoms with E-state index in [1.54, 1.807) is 24.3 Å². The summed E-state index contributed by atoms with van der Waals surface area (Å²) in [6, 6.07) is 8.85. The molecule has 1 aliphatic carbocycles. The highest BCUT2D eigenvalue weighted by molar-refractivity contribution is 7.00. The number of benzene rings is 2. The van der Waals surface area contributed by atoms with Crippen LogP contribution < -0.4 is 4.90 Å². The summed E-state index contributed by atoms with van der Waals surface area (Å²) in [5.41, 5.74) is 4.03. The first-order valence-electron chi connectivity index (χ1n) is 7.98. The van der Waals surface area contributed by atoms with Crippen molar-refractivity contribution in [2.24, 2.45) is 0 Å². The Kier molecular flexibility index (Phi) is 2.84. The second-order valence-electron chi connectivity index (χ2n) is 6.18. The predicted octanol–water partition coefficient (Wildman–Crippen LogP) is 3.07. The molecule has 0 bridgehead atoms. The summed E-state index contributed by atoms with van der Waals surface area (Å²) in [7, 11) is 0. The lowest BCUT2D eigenvalue weighted by atomic mass is 9.83. The molecule has 1 aromatic heterocycles. The van der Waals surface area contributed by atoms with Crippen LogP contribution in [0.2, 0.25) is 0 Å². The maximum Gasteiger partial charge on any atom is 0.196 e. The number of rotatable bonds is 1. The van der Waals surface area contributed by atoms with Gasteiger partial charge >= 0.3 is 0 Å². The molecular formula is C18H13N3O2S. The van der Waals surface area contributed by atoms with Crippen molar-refractivity contribution in [3.63, 3.8) is 0 Å². The number of carbonyl (C=O) groups excluding carboxylic acids is 2. The lowest BCUT2D eigenvalue weighted by molar-refractivity contribution is 0.0980. The van der Waals surface area contributed by atoms with Crippen LogP contribution in [0, 0.1) is 0 Å². The number of anilines is 1. The fourth-order valence-corrected chi connectivity index (χ4v) is 4.25. The first-order valence-corrected chi connectivity index (χ1v) is 8.71. The van der Waals surface area contributed by atoms with Crippen molar-refractivity contribution in [1.82, 2.24) is 8.75 Å².